The van der Waals surface area contributed by atoms with Crippen LogP contribution in [0.15, 0.2) is 47.4 Å². The zero-order chi connectivity index (χ0) is 19.5. The molecule has 2 rings (SSSR count). The predicted octanol–water partition coefficient (Wildman–Crippen LogP) is 4.20. The van der Waals surface area contributed by atoms with Crippen LogP contribution in [0.3, 0.4) is 0 Å². The molecule has 0 aliphatic rings. The normalized spacial score (nSPS) is 11.9. The molecule has 0 atom stereocenters. The number of carbonyl (C=O) groups is 1. The summed E-state index contributed by atoms with van der Waals surface area (Å²) in [5.41, 5.74) is 1.85. The first-order valence-electron chi connectivity index (χ1n) is 7.58. The SMILES string of the molecule is Cc1ccc(S(=O)(=O)N(C)C)cc1NC(=O)/C=C/c1cc(Cl)cc(Cl)c1. The lowest BCUT2D eigenvalue weighted by Gasteiger charge is -2.14. The van der Waals surface area contributed by atoms with E-state index in [-0.39, 0.29) is 4.90 Å². The van der Waals surface area contributed by atoms with Gasteiger partial charge in [0.15, 0.2) is 0 Å². The van der Waals surface area contributed by atoms with Crippen LogP contribution in [0.2, 0.25) is 10.0 Å². The fourth-order valence-corrected chi connectivity index (χ4v) is 3.60. The number of rotatable bonds is 5. The number of nitrogens with one attached hydrogen (secondary N) is 1. The van der Waals surface area contributed by atoms with E-state index in [1.807, 2.05) is 0 Å². The summed E-state index contributed by atoms with van der Waals surface area (Å²) < 4.78 is 25.6. The first-order chi connectivity index (χ1) is 12.1. The predicted molar refractivity (Wildman–Crippen MR) is 106 cm³/mol. The Morgan fingerprint density at radius 3 is 2.27 bits per heavy atom. The molecule has 0 heterocycles. The van der Waals surface area contributed by atoms with Crippen molar-refractivity contribution in [2.24, 2.45) is 0 Å². The average molecular weight is 413 g/mol. The summed E-state index contributed by atoms with van der Waals surface area (Å²) in [6.07, 6.45) is 2.90. The molecule has 0 bridgehead atoms. The maximum absolute atomic E-state index is 12.2. The Labute approximate surface area is 163 Å². The van der Waals surface area contributed by atoms with Crippen molar-refractivity contribution in [2.45, 2.75) is 11.8 Å². The number of hydrogen-bond donors (Lipinski definition) is 1. The number of sulfonamides is 1. The lowest BCUT2D eigenvalue weighted by Crippen LogP contribution is -2.22. The minimum Gasteiger partial charge on any atom is -0.322 e. The van der Waals surface area contributed by atoms with Crippen LogP contribution in [-0.2, 0) is 14.8 Å². The fraction of sp³-hybridized carbons (Fsp3) is 0.167. The number of carbonyl (C=O) groups excluding carboxylic acids is 1. The third-order valence-electron chi connectivity index (χ3n) is 3.56. The number of benzene rings is 2. The number of halogens is 2. The molecule has 0 fully saturated rings. The second-order valence-corrected chi connectivity index (χ2v) is 8.81. The van der Waals surface area contributed by atoms with E-state index in [9.17, 15) is 13.2 Å². The van der Waals surface area contributed by atoms with Gasteiger partial charge in [-0.2, -0.15) is 0 Å². The van der Waals surface area contributed by atoms with E-state index >= 15 is 0 Å². The molecule has 5 nitrogen and oxygen atoms in total. The Morgan fingerprint density at radius 2 is 1.69 bits per heavy atom. The molecule has 26 heavy (non-hydrogen) atoms. The summed E-state index contributed by atoms with van der Waals surface area (Å²) in [6, 6.07) is 9.53. The number of nitrogens with zero attached hydrogens (tertiary/aromatic N) is 1. The second kappa shape index (κ2) is 8.22. The standard InChI is InChI=1S/C18H18Cl2N2O3S/c1-12-4-6-16(26(24,25)22(2)3)11-17(12)21-18(23)7-5-13-8-14(19)10-15(20)9-13/h4-11H,1-3H3,(H,21,23)/b7-5+. The Kier molecular flexibility index (Phi) is 6.47. The van der Waals surface area contributed by atoms with Crippen LogP contribution in [0.5, 0.6) is 0 Å². The molecule has 0 aliphatic carbocycles. The van der Waals surface area contributed by atoms with Crippen molar-refractivity contribution >= 4 is 50.9 Å². The number of anilines is 1. The van der Waals surface area contributed by atoms with Crippen molar-refractivity contribution < 1.29 is 13.2 Å². The van der Waals surface area contributed by atoms with Crippen LogP contribution in [0.25, 0.3) is 6.08 Å². The zero-order valence-electron chi connectivity index (χ0n) is 14.5. The minimum atomic E-state index is -3.58. The maximum atomic E-state index is 12.2. The van der Waals surface area contributed by atoms with Crippen LogP contribution in [0.4, 0.5) is 5.69 Å². The van der Waals surface area contributed by atoms with Gasteiger partial charge in [-0.05, 0) is 54.5 Å². The van der Waals surface area contributed by atoms with Crippen LogP contribution in [0.1, 0.15) is 11.1 Å². The van der Waals surface area contributed by atoms with E-state index in [0.717, 1.165) is 9.87 Å². The van der Waals surface area contributed by atoms with E-state index in [2.05, 4.69) is 5.32 Å². The van der Waals surface area contributed by atoms with Crippen molar-refractivity contribution in [3.8, 4) is 0 Å². The van der Waals surface area contributed by atoms with Gasteiger partial charge >= 0.3 is 0 Å². The highest BCUT2D eigenvalue weighted by atomic mass is 35.5. The highest BCUT2D eigenvalue weighted by molar-refractivity contribution is 7.89. The Bertz CT molecular complexity index is 950. The lowest BCUT2D eigenvalue weighted by molar-refractivity contribution is -0.111. The molecule has 2 aromatic carbocycles. The fourth-order valence-electron chi connectivity index (χ4n) is 2.12. The van der Waals surface area contributed by atoms with Crippen molar-refractivity contribution in [2.75, 3.05) is 19.4 Å². The Morgan fingerprint density at radius 1 is 1.08 bits per heavy atom. The molecule has 1 N–H and O–H groups in total. The number of aryl methyl sites for hydroxylation is 1. The van der Waals surface area contributed by atoms with Gasteiger partial charge in [0, 0.05) is 35.9 Å². The molecule has 8 heteroatoms. The quantitative estimate of drug-likeness (QED) is 0.747. The van der Waals surface area contributed by atoms with Crippen molar-refractivity contribution in [1.82, 2.24) is 4.31 Å². The van der Waals surface area contributed by atoms with E-state index < -0.39 is 15.9 Å². The van der Waals surface area contributed by atoms with Crippen LogP contribution in [-0.4, -0.2) is 32.7 Å². The molecule has 2 aromatic rings. The van der Waals surface area contributed by atoms with Crippen molar-refractivity contribution in [3.63, 3.8) is 0 Å². The van der Waals surface area contributed by atoms with Crippen molar-refractivity contribution in [3.05, 3.63) is 63.6 Å². The summed E-state index contributed by atoms with van der Waals surface area (Å²) in [5, 5.41) is 3.62. The molecular weight excluding hydrogens is 395 g/mol. The second-order valence-electron chi connectivity index (χ2n) is 5.79. The monoisotopic (exact) mass is 412 g/mol. The lowest BCUT2D eigenvalue weighted by atomic mass is 10.2. The summed E-state index contributed by atoms with van der Waals surface area (Å²) in [4.78, 5) is 12.3. The van der Waals surface area contributed by atoms with E-state index in [0.29, 0.717) is 21.3 Å². The largest absolute Gasteiger partial charge is 0.322 e. The van der Waals surface area contributed by atoms with Crippen LogP contribution >= 0.6 is 23.2 Å². The van der Waals surface area contributed by atoms with Gasteiger partial charge in [-0.1, -0.05) is 29.3 Å². The number of hydrogen-bond acceptors (Lipinski definition) is 3. The Hall–Kier alpha value is -1.86. The van der Waals surface area contributed by atoms with Gasteiger partial charge in [0.05, 0.1) is 4.90 Å². The number of amides is 1. The smallest absolute Gasteiger partial charge is 0.248 e. The van der Waals surface area contributed by atoms with Crippen LogP contribution in [0, 0.1) is 6.92 Å². The third-order valence-corrected chi connectivity index (χ3v) is 5.81. The maximum Gasteiger partial charge on any atom is 0.248 e. The third kappa shape index (κ3) is 5.08. The Balaban J connectivity index is 2.22. The molecule has 0 radical (unpaired) electrons. The van der Waals surface area contributed by atoms with Gasteiger partial charge < -0.3 is 5.32 Å². The van der Waals surface area contributed by atoms with Gasteiger partial charge in [-0.3, -0.25) is 4.79 Å². The molecule has 0 saturated heterocycles. The zero-order valence-corrected chi connectivity index (χ0v) is 16.8. The first-order valence-corrected chi connectivity index (χ1v) is 9.77. The molecule has 0 saturated carbocycles. The average Bonchev–Trinajstić information content (AvgIpc) is 2.54. The van der Waals surface area contributed by atoms with E-state index in [1.54, 1.807) is 37.3 Å². The molecule has 0 aromatic heterocycles. The molecule has 0 spiro atoms. The highest BCUT2D eigenvalue weighted by Gasteiger charge is 2.18. The van der Waals surface area contributed by atoms with Crippen LogP contribution < -0.4 is 5.32 Å². The molecule has 1 amide bonds. The summed E-state index contributed by atoms with van der Waals surface area (Å²) in [7, 11) is -0.681. The molecular formula is C18H18Cl2N2O3S. The first kappa shape index (κ1) is 20.5. The highest BCUT2D eigenvalue weighted by Crippen LogP contribution is 2.23. The summed E-state index contributed by atoms with van der Waals surface area (Å²) in [6.45, 7) is 1.78. The summed E-state index contributed by atoms with van der Waals surface area (Å²) in [5.74, 6) is -0.399. The van der Waals surface area contributed by atoms with E-state index in [4.69, 9.17) is 23.2 Å². The molecule has 138 valence electrons. The van der Waals surface area contributed by atoms with Gasteiger partial charge in [0.1, 0.15) is 0 Å². The van der Waals surface area contributed by atoms with Gasteiger partial charge in [0.2, 0.25) is 15.9 Å². The molecule has 0 unspecified atom stereocenters. The topological polar surface area (TPSA) is 66.5 Å². The van der Waals surface area contributed by atoms with Gasteiger partial charge in [-0.15, -0.1) is 0 Å². The molecule has 0 aliphatic heterocycles. The summed E-state index contributed by atoms with van der Waals surface area (Å²) >= 11 is 11.8. The van der Waals surface area contributed by atoms with Gasteiger partial charge in [-0.25, -0.2) is 12.7 Å². The minimum absolute atomic E-state index is 0.106. The van der Waals surface area contributed by atoms with Gasteiger partial charge in [0.25, 0.3) is 0 Å². The van der Waals surface area contributed by atoms with E-state index in [1.165, 1.54) is 32.3 Å². The van der Waals surface area contributed by atoms with Crippen molar-refractivity contribution in [1.29, 1.82) is 0 Å².